The standard InChI is InChI=1S/C21H27NO3/c23-19(24)16-7-9-18(11-16)22-20(25)21(12-14-4-2-1-3-5-14)13-15-6-8-17(21)10-15/h1-5,15-18H,6-13H2,(H,22,25)(H,23,24)/t15?,16-,17?,18+,21?/m1/s1. The first-order valence-electron chi connectivity index (χ1n) is 9.64. The molecular weight excluding hydrogens is 314 g/mol. The van der Waals surface area contributed by atoms with Crippen molar-refractivity contribution < 1.29 is 14.7 Å². The molecular formula is C21H27NO3. The van der Waals surface area contributed by atoms with Crippen molar-refractivity contribution in [2.24, 2.45) is 23.2 Å². The third-order valence-electron chi connectivity index (χ3n) is 6.91. The molecule has 0 radical (unpaired) electrons. The highest BCUT2D eigenvalue weighted by Gasteiger charge is 2.55. The lowest BCUT2D eigenvalue weighted by Gasteiger charge is -2.37. The van der Waals surface area contributed by atoms with Gasteiger partial charge in [-0.1, -0.05) is 36.8 Å². The van der Waals surface area contributed by atoms with Gasteiger partial charge >= 0.3 is 5.97 Å². The van der Waals surface area contributed by atoms with Crippen molar-refractivity contribution in [3.05, 3.63) is 35.9 Å². The topological polar surface area (TPSA) is 66.4 Å². The first-order chi connectivity index (χ1) is 12.1. The molecule has 3 unspecified atom stereocenters. The molecule has 4 nitrogen and oxygen atoms in total. The smallest absolute Gasteiger partial charge is 0.306 e. The Hall–Kier alpha value is -1.84. The molecule has 2 bridgehead atoms. The van der Waals surface area contributed by atoms with Crippen molar-refractivity contribution >= 4 is 11.9 Å². The largest absolute Gasteiger partial charge is 0.481 e. The summed E-state index contributed by atoms with van der Waals surface area (Å²) in [4.78, 5) is 24.5. The van der Waals surface area contributed by atoms with Crippen molar-refractivity contribution in [1.29, 1.82) is 0 Å². The molecule has 1 aromatic carbocycles. The van der Waals surface area contributed by atoms with E-state index in [0.717, 1.165) is 25.7 Å². The van der Waals surface area contributed by atoms with Gasteiger partial charge in [-0.15, -0.1) is 0 Å². The first kappa shape index (κ1) is 16.6. The highest BCUT2D eigenvalue weighted by atomic mass is 16.4. The molecule has 134 valence electrons. The number of carbonyl (C=O) groups excluding carboxylic acids is 1. The van der Waals surface area contributed by atoms with Gasteiger partial charge in [0.2, 0.25) is 5.91 Å². The summed E-state index contributed by atoms with van der Waals surface area (Å²) in [5.41, 5.74) is 0.950. The van der Waals surface area contributed by atoms with E-state index < -0.39 is 5.97 Å². The number of amides is 1. The summed E-state index contributed by atoms with van der Waals surface area (Å²) in [6.07, 6.45) is 7.46. The summed E-state index contributed by atoms with van der Waals surface area (Å²) in [6.45, 7) is 0. The maximum Gasteiger partial charge on any atom is 0.306 e. The minimum Gasteiger partial charge on any atom is -0.481 e. The fourth-order valence-corrected chi connectivity index (χ4v) is 5.65. The van der Waals surface area contributed by atoms with Crippen molar-refractivity contribution in [2.75, 3.05) is 0 Å². The molecule has 4 heteroatoms. The van der Waals surface area contributed by atoms with Gasteiger partial charge in [-0.3, -0.25) is 9.59 Å². The van der Waals surface area contributed by atoms with Crippen LogP contribution in [0, 0.1) is 23.2 Å². The Labute approximate surface area is 149 Å². The SMILES string of the molecule is O=C(O)[C@@H]1CC[C@H](NC(=O)C2(Cc3ccccc3)CC3CCC2C3)C1. The van der Waals surface area contributed by atoms with E-state index in [4.69, 9.17) is 0 Å². The number of nitrogens with one attached hydrogen (secondary N) is 1. The average Bonchev–Trinajstić information content (AvgIpc) is 3.31. The van der Waals surface area contributed by atoms with Crippen LogP contribution in [0.15, 0.2) is 30.3 Å². The van der Waals surface area contributed by atoms with Crippen LogP contribution in [-0.2, 0) is 16.0 Å². The van der Waals surface area contributed by atoms with Gasteiger partial charge in [0.05, 0.1) is 11.3 Å². The molecule has 4 rings (SSSR count). The van der Waals surface area contributed by atoms with Gasteiger partial charge in [-0.05, 0) is 62.3 Å². The second-order valence-electron chi connectivity index (χ2n) is 8.42. The molecule has 5 atom stereocenters. The van der Waals surface area contributed by atoms with Gasteiger partial charge < -0.3 is 10.4 Å². The van der Waals surface area contributed by atoms with Crippen LogP contribution in [0.25, 0.3) is 0 Å². The summed E-state index contributed by atoms with van der Waals surface area (Å²) in [5.74, 6) is 0.329. The molecule has 3 fully saturated rings. The van der Waals surface area contributed by atoms with Gasteiger partial charge in [0.15, 0.2) is 0 Å². The van der Waals surface area contributed by atoms with Crippen LogP contribution < -0.4 is 5.32 Å². The molecule has 0 spiro atoms. The maximum atomic E-state index is 13.3. The number of carboxylic acids is 1. The van der Waals surface area contributed by atoms with Crippen molar-refractivity contribution in [3.63, 3.8) is 0 Å². The van der Waals surface area contributed by atoms with E-state index in [1.165, 1.54) is 18.4 Å². The van der Waals surface area contributed by atoms with Crippen molar-refractivity contribution in [3.8, 4) is 0 Å². The minimum atomic E-state index is -0.726. The Bertz CT molecular complexity index is 658. The molecule has 3 saturated carbocycles. The molecule has 2 N–H and O–H groups in total. The summed E-state index contributed by atoms with van der Waals surface area (Å²) < 4.78 is 0. The lowest BCUT2D eigenvalue weighted by Crippen LogP contribution is -2.49. The second kappa shape index (κ2) is 6.47. The molecule has 0 aromatic heterocycles. The number of hydrogen-bond donors (Lipinski definition) is 2. The first-order valence-corrected chi connectivity index (χ1v) is 9.64. The fourth-order valence-electron chi connectivity index (χ4n) is 5.65. The van der Waals surface area contributed by atoms with Crippen LogP contribution in [0.5, 0.6) is 0 Å². The molecule has 25 heavy (non-hydrogen) atoms. The van der Waals surface area contributed by atoms with Crippen LogP contribution in [-0.4, -0.2) is 23.0 Å². The number of fused-ring (bicyclic) bond motifs is 2. The van der Waals surface area contributed by atoms with Gasteiger partial charge in [0, 0.05) is 6.04 Å². The average molecular weight is 341 g/mol. The Morgan fingerprint density at radius 1 is 1.08 bits per heavy atom. The van der Waals surface area contributed by atoms with Crippen LogP contribution in [0.3, 0.4) is 0 Å². The molecule has 1 amide bonds. The normalized spacial score (nSPS) is 36.5. The minimum absolute atomic E-state index is 0.0281. The number of carbonyl (C=O) groups is 2. The van der Waals surface area contributed by atoms with E-state index in [9.17, 15) is 14.7 Å². The lowest BCUT2D eigenvalue weighted by atomic mass is 9.68. The maximum absolute atomic E-state index is 13.3. The number of hydrogen-bond acceptors (Lipinski definition) is 2. The Kier molecular flexibility index (Phi) is 4.30. The number of carboxylic acid groups (broad SMARTS) is 1. The molecule has 0 saturated heterocycles. The summed E-state index contributed by atoms with van der Waals surface area (Å²) in [5, 5.41) is 12.4. The predicted molar refractivity (Wildman–Crippen MR) is 94.9 cm³/mol. The van der Waals surface area contributed by atoms with Gasteiger partial charge in [-0.25, -0.2) is 0 Å². The van der Waals surface area contributed by atoms with Crippen molar-refractivity contribution in [2.45, 2.75) is 57.4 Å². The molecule has 1 aromatic rings. The Balaban J connectivity index is 1.51. The fraction of sp³-hybridized carbons (Fsp3) is 0.619. The Morgan fingerprint density at radius 3 is 2.48 bits per heavy atom. The predicted octanol–water partition coefficient (Wildman–Crippen LogP) is 3.41. The van der Waals surface area contributed by atoms with Gasteiger partial charge in [0.1, 0.15) is 0 Å². The quantitative estimate of drug-likeness (QED) is 0.862. The zero-order valence-corrected chi connectivity index (χ0v) is 14.6. The number of aliphatic carboxylic acids is 1. The van der Waals surface area contributed by atoms with E-state index in [1.54, 1.807) is 0 Å². The van der Waals surface area contributed by atoms with Crippen molar-refractivity contribution in [1.82, 2.24) is 5.32 Å². The van der Waals surface area contributed by atoms with Gasteiger partial charge in [0.25, 0.3) is 0 Å². The highest BCUT2D eigenvalue weighted by molar-refractivity contribution is 5.84. The zero-order chi connectivity index (χ0) is 17.4. The number of rotatable bonds is 5. The van der Waals surface area contributed by atoms with E-state index in [2.05, 4.69) is 17.4 Å². The monoisotopic (exact) mass is 341 g/mol. The van der Waals surface area contributed by atoms with Crippen LogP contribution in [0.1, 0.15) is 50.5 Å². The summed E-state index contributed by atoms with van der Waals surface area (Å²) >= 11 is 0. The molecule has 3 aliphatic carbocycles. The zero-order valence-electron chi connectivity index (χ0n) is 14.6. The second-order valence-corrected chi connectivity index (χ2v) is 8.42. The van der Waals surface area contributed by atoms with Gasteiger partial charge in [-0.2, -0.15) is 0 Å². The molecule has 0 heterocycles. The summed E-state index contributed by atoms with van der Waals surface area (Å²) in [7, 11) is 0. The van der Waals surface area contributed by atoms with Crippen LogP contribution in [0.2, 0.25) is 0 Å². The third-order valence-corrected chi connectivity index (χ3v) is 6.91. The van der Waals surface area contributed by atoms with Crippen LogP contribution >= 0.6 is 0 Å². The summed E-state index contributed by atoms with van der Waals surface area (Å²) in [6, 6.07) is 10.4. The van der Waals surface area contributed by atoms with Crippen LogP contribution in [0.4, 0.5) is 0 Å². The lowest BCUT2D eigenvalue weighted by molar-refractivity contribution is -0.142. The Morgan fingerprint density at radius 2 is 1.88 bits per heavy atom. The van der Waals surface area contributed by atoms with E-state index in [-0.39, 0.29) is 23.3 Å². The van der Waals surface area contributed by atoms with E-state index >= 15 is 0 Å². The van der Waals surface area contributed by atoms with E-state index in [0.29, 0.717) is 24.7 Å². The third kappa shape index (κ3) is 3.07. The van der Waals surface area contributed by atoms with E-state index in [1.807, 2.05) is 18.2 Å². The molecule has 0 aliphatic heterocycles. The molecule has 3 aliphatic rings. The number of benzene rings is 1. The highest BCUT2D eigenvalue weighted by Crippen LogP contribution is 2.57.